The van der Waals surface area contributed by atoms with Gasteiger partial charge in [-0.25, -0.2) is 0 Å². The van der Waals surface area contributed by atoms with Gasteiger partial charge in [0.2, 0.25) is 5.91 Å². The minimum absolute atomic E-state index is 0.0108. The summed E-state index contributed by atoms with van der Waals surface area (Å²) in [5.74, 6) is -0.0108. The zero-order chi connectivity index (χ0) is 14.3. The number of hydrogen-bond acceptors (Lipinski definition) is 5. The van der Waals surface area contributed by atoms with Crippen molar-refractivity contribution in [1.29, 1.82) is 0 Å². The summed E-state index contributed by atoms with van der Waals surface area (Å²) in [4.78, 5) is 14.0. The van der Waals surface area contributed by atoms with E-state index in [0.29, 0.717) is 19.5 Å². The van der Waals surface area contributed by atoms with Crippen molar-refractivity contribution < 1.29 is 14.3 Å². The number of amides is 1. The zero-order valence-corrected chi connectivity index (χ0v) is 12.3. The second-order valence-electron chi connectivity index (χ2n) is 5.50. The first-order valence-corrected chi connectivity index (χ1v) is 6.82. The van der Waals surface area contributed by atoms with Gasteiger partial charge in [-0.3, -0.25) is 9.69 Å². The van der Waals surface area contributed by atoms with E-state index in [1.807, 2.05) is 0 Å². The zero-order valence-electron chi connectivity index (χ0n) is 12.3. The van der Waals surface area contributed by atoms with Crippen LogP contribution in [0.5, 0.6) is 0 Å². The van der Waals surface area contributed by atoms with Gasteiger partial charge in [0.1, 0.15) is 0 Å². The Labute approximate surface area is 115 Å². The number of rotatable bonds is 7. The maximum atomic E-state index is 11.7. The van der Waals surface area contributed by atoms with E-state index in [9.17, 15) is 4.79 Å². The van der Waals surface area contributed by atoms with E-state index in [1.54, 1.807) is 7.11 Å². The largest absolute Gasteiger partial charge is 0.380 e. The Morgan fingerprint density at radius 1 is 1.58 bits per heavy atom. The van der Waals surface area contributed by atoms with Crippen molar-refractivity contribution in [2.75, 3.05) is 46.5 Å². The molecule has 0 aromatic heterocycles. The minimum atomic E-state index is -0.195. The first kappa shape index (κ1) is 16.4. The fourth-order valence-corrected chi connectivity index (χ4v) is 2.18. The second-order valence-corrected chi connectivity index (χ2v) is 5.50. The van der Waals surface area contributed by atoms with Crippen LogP contribution in [0.15, 0.2) is 0 Å². The molecule has 1 unspecified atom stereocenters. The Kier molecular flexibility index (Phi) is 6.71. The van der Waals surface area contributed by atoms with Gasteiger partial charge in [0.05, 0.1) is 25.7 Å². The summed E-state index contributed by atoms with van der Waals surface area (Å²) >= 11 is 0. The van der Waals surface area contributed by atoms with Crippen molar-refractivity contribution in [3.8, 4) is 0 Å². The van der Waals surface area contributed by atoms with Gasteiger partial charge in [-0.05, 0) is 13.8 Å². The molecule has 6 heteroatoms. The third-order valence-electron chi connectivity index (χ3n) is 3.53. The highest BCUT2D eigenvalue weighted by Crippen LogP contribution is 2.17. The number of nitrogens with two attached hydrogens (primary N) is 1. The Hall–Kier alpha value is -0.690. The fraction of sp³-hybridized carbons (Fsp3) is 0.923. The van der Waals surface area contributed by atoms with Crippen molar-refractivity contribution in [3.05, 3.63) is 0 Å². The summed E-state index contributed by atoms with van der Waals surface area (Å²) < 4.78 is 10.6. The molecular formula is C13H27N3O3. The summed E-state index contributed by atoms with van der Waals surface area (Å²) in [5, 5.41) is 2.91. The van der Waals surface area contributed by atoms with Crippen molar-refractivity contribution in [2.45, 2.75) is 31.9 Å². The van der Waals surface area contributed by atoms with Gasteiger partial charge in [-0.1, -0.05) is 0 Å². The number of carbonyl (C=O) groups excluding carboxylic acids is 1. The van der Waals surface area contributed by atoms with Gasteiger partial charge >= 0.3 is 0 Å². The summed E-state index contributed by atoms with van der Waals surface area (Å²) in [6.45, 7) is 8.56. The molecule has 1 amide bonds. The smallest absolute Gasteiger partial charge is 0.222 e. The van der Waals surface area contributed by atoms with Gasteiger partial charge in [0, 0.05) is 38.8 Å². The molecule has 19 heavy (non-hydrogen) atoms. The average molecular weight is 273 g/mol. The van der Waals surface area contributed by atoms with E-state index in [2.05, 4.69) is 24.1 Å². The molecule has 112 valence electrons. The Balaban J connectivity index is 2.24. The van der Waals surface area contributed by atoms with Gasteiger partial charge in [-0.2, -0.15) is 0 Å². The minimum Gasteiger partial charge on any atom is -0.380 e. The number of nitrogens with zero attached hydrogens (tertiary/aromatic N) is 1. The Morgan fingerprint density at radius 2 is 2.32 bits per heavy atom. The summed E-state index contributed by atoms with van der Waals surface area (Å²) in [6.07, 6.45) is 0.124. The Bertz CT molecular complexity index is 280. The van der Waals surface area contributed by atoms with Crippen molar-refractivity contribution >= 4 is 5.91 Å². The second kappa shape index (κ2) is 7.79. The SMILES string of the molecule is COC(CN)CC(=O)NCCN1CCOCC1(C)C. The van der Waals surface area contributed by atoms with Crippen LogP contribution in [0.3, 0.4) is 0 Å². The number of hydrogen-bond donors (Lipinski definition) is 2. The molecule has 1 atom stereocenters. The van der Waals surface area contributed by atoms with E-state index in [4.69, 9.17) is 15.2 Å². The van der Waals surface area contributed by atoms with E-state index in [0.717, 1.165) is 26.3 Å². The van der Waals surface area contributed by atoms with E-state index in [1.165, 1.54) is 0 Å². The average Bonchev–Trinajstić information content (AvgIpc) is 2.37. The van der Waals surface area contributed by atoms with Crippen molar-refractivity contribution in [2.24, 2.45) is 5.73 Å². The number of ether oxygens (including phenoxy) is 2. The lowest BCUT2D eigenvalue weighted by Gasteiger charge is -2.42. The molecule has 0 bridgehead atoms. The van der Waals surface area contributed by atoms with Crippen LogP contribution in [0.2, 0.25) is 0 Å². The van der Waals surface area contributed by atoms with E-state index < -0.39 is 0 Å². The molecule has 0 aliphatic carbocycles. The van der Waals surface area contributed by atoms with Crippen LogP contribution in [0.1, 0.15) is 20.3 Å². The van der Waals surface area contributed by atoms with Gasteiger partial charge in [0.25, 0.3) is 0 Å². The maximum absolute atomic E-state index is 11.7. The quantitative estimate of drug-likeness (QED) is 0.659. The van der Waals surface area contributed by atoms with Crippen LogP contribution in [-0.2, 0) is 14.3 Å². The summed E-state index contributed by atoms with van der Waals surface area (Å²) in [5.41, 5.74) is 5.52. The lowest BCUT2D eigenvalue weighted by Crippen LogP contribution is -2.54. The molecule has 6 nitrogen and oxygen atoms in total. The molecule has 1 aliphatic rings. The molecule has 0 aromatic carbocycles. The molecule has 1 aliphatic heterocycles. The standard InChI is InChI=1S/C13H27N3O3/c1-13(2)10-19-7-6-16(13)5-4-15-12(17)8-11(9-14)18-3/h11H,4-10,14H2,1-3H3,(H,15,17). The molecule has 0 spiro atoms. The van der Waals surface area contributed by atoms with Crippen LogP contribution in [0.25, 0.3) is 0 Å². The van der Waals surface area contributed by atoms with Crippen molar-refractivity contribution in [1.82, 2.24) is 10.2 Å². The third kappa shape index (κ3) is 5.44. The van der Waals surface area contributed by atoms with Gasteiger partial charge < -0.3 is 20.5 Å². The predicted octanol–water partition coefficient (Wildman–Crippen LogP) is -0.423. The fourth-order valence-electron chi connectivity index (χ4n) is 2.18. The van der Waals surface area contributed by atoms with Gasteiger partial charge in [0.15, 0.2) is 0 Å². The third-order valence-corrected chi connectivity index (χ3v) is 3.53. The summed E-state index contributed by atoms with van der Waals surface area (Å²) in [7, 11) is 1.57. The number of methoxy groups -OCH3 is 1. The van der Waals surface area contributed by atoms with E-state index in [-0.39, 0.29) is 17.6 Å². The molecule has 0 aromatic rings. The topological polar surface area (TPSA) is 76.8 Å². The normalized spacial score (nSPS) is 21.1. The lowest BCUT2D eigenvalue weighted by atomic mass is 10.0. The highest BCUT2D eigenvalue weighted by Gasteiger charge is 2.29. The molecule has 1 fully saturated rings. The number of morpholine rings is 1. The maximum Gasteiger partial charge on any atom is 0.222 e. The molecule has 0 radical (unpaired) electrons. The highest BCUT2D eigenvalue weighted by molar-refractivity contribution is 5.76. The monoisotopic (exact) mass is 273 g/mol. The first-order valence-electron chi connectivity index (χ1n) is 6.82. The first-order chi connectivity index (χ1) is 8.99. The van der Waals surface area contributed by atoms with E-state index >= 15 is 0 Å². The molecular weight excluding hydrogens is 246 g/mol. The number of nitrogens with one attached hydrogen (secondary N) is 1. The van der Waals surface area contributed by atoms with Crippen LogP contribution in [0, 0.1) is 0 Å². The Morgan fingerprint density at radius 3 is 2.89 bits per heavy atom. The van der Waals surface area contributed by atoms with Crippen LogP contribution >= 0.6 is 0 Å². The molecule has 1 rings (SSSR count). The number of carbonyl (C=O) groups is 1. The highest BCUT2D eigenvalue weighted by atomic mass is 16.5. The lowest BCUT2D eigenvalue weighted by molar-refractivity contribution is -0.123. The molecule has 1 saturated heterocycles. The van der Waals surface area contributed by atoms with Gasteiger partial charge in [-0.15, -0.1) is 0 Å². The molecule has 0 saturated carbocycles. The molecule has 1 heterocycles. The predicted molar refractivity (Wildman–Crippen MR) is 73.9 cm³/mol. The van der Waals surface area contributed by atoms with Crippen molar-refractivity contribution in [3.63, 3.8) is 0 Å². The van der Waals surface area contributed by atoms with Crippen LogP contribution in [-0.4, -0.2) is 69.0 Å². The van der Waals surface area contributed by atoms with Crippen LogP contribution in [0.4, 0.5) is 0 Å². The summed E-state index contributed by atoms with van der Waals surface area (Å²) in [6, 6.07) is 0. The van der Waals surface area contributed by atoms with Crippen LogP contribution < -0.4 is 11.1 Å². The molecule has 3 N–H and O–H groups in total.